The van der Waals surface area contributed by atoms with Crippen molar-refractivity contribution < 1.29 is 14.4 Å². The molecule has 1 aromatic rings. The first kappa shape index (κ1) is 18.9. The maximum atomic E-state index is 12.7. The van der Waals surface area contributed by atoms with E-state index in [0.717, 1.165) is 24.1 Å². The molecule has 0 aromatic carbocycles. The van der Waals surface area contributed by atoms with Gasteiger partial charge in [0.15, 0.2) is 0 Å². The largest absolute Gasteiger partial charge is 0.350 e. The Kier molecular flexibility index (Phi) is 5.33. The molecule has 3 heterocycles. The minimum Gasteiger partial charge on any atom is -0.350 e. The van der Waals surface area contributed by atoms with Crippen molar-refractivity contribution in [2.24, 2.45) is 11.8 Å². The average molecular weight is 384 g/mol. The van der Waals surface area contributed by atoms with Gasteiger partial charge in [-0.3, -0.25) is 19.4 Å². The summed E-state index contributed by atoms with van der Waals surface area (Å²) in [6.07, 6.45) is 6.52. The van der Waals surface area contributed by atoms with Crippen LogP contribution < -0.4 is 5.32 Å². The van der Waals surface area contributed by atoms with Crippen molar-refractivity contribution >= 4 is 17.7 Å². The molecular weight excluding hydrogens is 356 g/mol. The van der Waals surface area contributed by atoms with Crippen molar-refractivity contribution in [1.29, 1.82) is 0 Å². The summed E-state index contributed by atoms with van der Waals surface area (Å²) in [5.41, 5.74) is 1.91. The molecule has 2 saturated heterocycles. The number of rotatable bonds is 5. The second-order valence-corrected chi connectivity index (χ2v) is 8.31. The lowest BCUT2D eigenvalue weighted by molar-refractivity contribution is -0.146. The van der Waals surface area contributed by atoms with Crippen LogP contribution in [-0.4, -0.2) is 58.2 Å². The van der Waals surface area contributed by atoms with Crippen LogP contribution in [0.3, 0.4) is 0 Å². The van der Waals surface area contributed by atoms with Gasteiger partial charge in [-0.2, -0.15) is 0 Å². The normalized spacial score (nSPS) is 23.2. The maximum Gasteiger partial charge on any atom is 0.228 e. The number of nitrogens with zero attached hydrogens (tertiary/aromatic N) is 3. The molecule has 1 aliphatic carbocycles. The van der Waals surface area contributed by atoms with E-state index in [1.165, 1.54) is 12.8 Å². The van der Waals surface area contributed by atoms with Crippen molar-refractivity contribution in [3.05, 3.63) is 29.6 Å². The zero-order valence-electron chi connectivity index (χ0n) is 16.4. The van der Waals surface area contributed by atoms with Gasteiger partial charge in [-0.25, -0.2) is 0 Å². The van der Waals surface area contributed by atoms with Crippen molar-refractivity contribution in [1.82, 2.24) is 20.1 Å². The van der Waals surface area contributed by atoms with Crippen LogP contribution in [0.25, 0.3) is 0 Å². The Morgan fingerprint density at radius 2 is 1.93 bits per heavy atom. The minimum absolute atomic E-state index is 0.0264. The summed E-state index contributed by atoms with van der Waals surface area (Å²) >= 11 is 0. The van der Waals surface area contributed by atoms with Gasteiger partial charge >= 0.3 is 0 Å². The Bertz CT molecular complexity index is 769. The molecule has 0 spiro atoms. The van der Waals surface area contributed by atoms with E-state index in [4.69, 9.17) is 0 Å². The van der Waals surface area contributed by atoms with Gasteiger partial charge in [0.25, 0.3) is 0 Å². The molecule has 2 aliphatic heterocycles. The second kappa shape index (κ2) is 7.89. The summed E-state index contributed by atoms with van der Waals surface area (Å²) in [7, 11) is 0. The molecule has 1 aromatic heterocycles. The van der Waals surface area contributed by atoms with Crippen molar-refractivity contribution in [3.63, 3.8) is 0 Å². The van der Waals surface area contributed by atoms with E-state index >= 15 is 0 Å². The van der Waals surface area contributed by atoms with Gasteiger partial charge in [0, 0.05) is 38.3 Å². The fourth-order valence-corrected chi connectivity index (χ4v) is 4.57. The highest BCUT2D eigenvalue weighted by atomic mass is 16.2. The van der Waals surface area contributed by atoms with Crippen LogP contribution in [0.2, 0.25) is 0 Å². The number of amides is 3. The number of pyridine rings is 1. The molecule has 3 aliphatic rings. The number of aryl methyl sites for hydroxylation is 1. The Labute approximate surface area is 165 Å². The lowest BCUT2D eigenvalue weighted by Gasteiger charge is -2.39. The molecule has 0 bridgehead atoms. The van der Waals surface area contributed by atoms with Crippen LogP contribution in [0.5, 0.6) is 0 Å². The smallest absolute Gasteiger partial charge is 0.228 e. The number of hydrogen-bond acceptors (Lipinski definition) is 4. The van der Waals surface area contributed by atoms with Gasteiger partial charge < -0.3 is 15.1 Å². The lowest BCUT2D eigenvalue weighted by Crippen LogP contribution is -2.57. The van der Waals surface area contributed by atoms with Gasteiger partial charge in [-0.05, 0) is 31.4 Å². The molecular formula is C21H28N4O3. The van der Waals surface area contributed by atoms with Crippen molar-refractivity contribution in [2.75, 3.05) is 19.6 Å². The fourth-order valence-electron chi connectivity index (χ4n) is 4.57. The SMILES string of the molecule is Cc1cccnc1CNC(=O)C1CN(C(=O)C2CC(=O)N(C3CCCC3)C2)C1. The molecule has 7 heteroatoms. The molecule has 0 radical (unpaired) electrons. The van der Waals surface area contributed by atoms with E-state index in [-0.39, 0.29) is 29.6 Å². The number of hydrogen-bond donors (Lipinski definition) is 1. The highest BCUT2D eigenvalue weighted by Crippen LogP contribution is 2.31. The van der Waals surface area contributed by atoms with Crippen LogP contribution in [0.1, 0.15) is 43.4 Å². The number of carbonyl (C=O) groups excluding carboxylic acids is 3. The van der Waals surface area contributed by atoms with Crippen LogP contribution in [-0.2, 0) is 20.9 Å². The lowest BCUT2D eigenvalue weighted by atomic mass is 9.95. The van der Waals surface area contributed by atoms with Gasteiger partial charge in [-0.15, -0.1) is 0 Å². The number of carbonyl (C=O) groups is 3. The Morgan fingerprint density at radius 1 is 1.18 bits per heavy atom. The third-order valence-electron chi connectivity index (χ3n) is 6.39. The maximum absolute atomic E-state index is 12.7. The first-order valence-corrected chi connectivity index (χ1v) is 10.3. The van der Waals surface area contributed by atoms with E-state index in [0.29, 0.717) is 38.6 Å². The van der Waals surface area contributed by atoms with E-state index in [1.54, 1.807) is 11.1 Å². The van der Waals surface area contributed by atoms with Crippen LogP contribution in [0.4, 0.5) is 0 Å². The Hall–Kier alpha value is -2.44. The molecule has 7 nitrogen and oxygen atoms in total. The quantitative estimate of drug-likeness (QED) is 0.828. The summed E-state index contributed by atoms with van der Waals surface area (Å²) in [5.74, 6) is -0.308. The molecule has 1 unspecified atom stereocenters. The van der Waals surface area contributed by atoms with Crippen LogP contribution in [0, 0.1) is 18.8 Å². The van der Waals surface area contributed by atoms with Gasteiger partial charge in [0.05, 0.1) is 24.1 Å². The fraction of sp³-hybridized carbons (Fsp3) is 0.619. The van der Waals surface area contributed by atoms with Gasteiger partial charge in [-0.1, -0.05) is 18.9 Å². The second-order valence-electron chi connectivity index (χ2n) is 8.31. The monoisotopic (exact) mass is 384 g/mol. The number of nitrogens with one attached hydrogen (secondary N) is 1. The summed E-state index contributed by atoms with van der Waals surface area (Å²) < 4.78 is 0. The van der Waals surface area contributed by atoms with Crippen LogP contribution >= 0.6 is 0 Å². The third-order valence-corrected chi connectivity index (χ3v) is 6.39. The minimum atomic E-state index is -0.242. The predicted molar refractivity (Wildman–Crippen MR) is 103 cm³/mol. The Morgan fingerprint density at radius 3 is 2.64 bits per heavy atom. The van der Waals surface area contributed by atoms with Gasteiger partial charge in [0.1, 0.15) is 0 Å². The molecule has 3 fully saturated rings. The van der Waals surface area contributed by atoms with Crippen LogP contribution in [0.15, 0.2) is 18.3 Å². The topological polar surface area (TPSA) is 82.6 Å². The van der Waals surface area contributed by atoms with E-state index in [1.807, 2.05) is 24.0 Å². The molecule has 150 valence electrons. The molecule has 3 amide bonds. The molecule has 1 saturated carbocycles. The first-order chi connectivity index (χ1) is 13.5. The predicted octanol–water partition coefficient (Wildman–Crippen LogP) is 1.26. The van der Waals surface area contributed by atoms with E-state index in [9.17, 15) is 14.4 Å². The summed E-state index contributed by atoms with van der Waals surface area (Å²) in [6.45, 7) is 3.81. The number of likely N-dealkylation sites (tertiary alicyclic amines) is 2. The van der Waals surface area contributed by atoms with Crippen molar-refractivity contribution in [2.45, 2.75) is 51.6 Å². The molecule has 1 N–H and O–H groups in total. The highest BCUT2D eigenvalue weighted by Gasteiger charge is 2.43. The summed E-state index contributed by atoms with van der Waals surface area (Å²) in [5, 5.41) is 2.92. The zero-order chi connectivity index (χ0) is 19.7. The van der Waals surface area contributed by atoms with E-state index in [2.05, 4.69) is 10.3 Å². The first-order valence-electron chi connectivity index (χ1n) is 10.3. The molecule has 1 atom stereocenters. The number of aromatic nitrogens is 1. The Balaban J connectivity index is 1.23. The zero-order valence-corrected chi connectivity index (χ0v) is 16.4. The molecule has 28 heavy (non-hydrogen) atoms. The average Bonchev–Trinajstić information content (AvgIpc) is 3.29. The highest BCUT2D eigenvalue weighted by molar-refractivity contribution is 5.91. The van der Waals surface area contributed by atoms with Crippen molar-refractivity contribution in [3.8, 4) is 0 Å². The standard InChI is InChI=1S/C21H28N4O3/c1-14-5-4-8-22-18(14)10-23-20(27)16-11-24(12-16)21(28)15-9-19(26)25(13-15)17-6-2-3-7-17/h4-5,8,15-17H,2-3,6-7,9-13H2,1H3,(H,23,27). The van der Waals surface area contributed by atoms with E-state index < -0.39 is 0 Å². The van der Waals surface area contributed by atoms with Gasteiger partial charge in [0.2, 0.25) is 17.7 Å². The third kappa shape index (κ3) is 3.75. The summed E-state index contributed by atoms with van der Waals surface area (Å²) in [4.78, 5) is 45.3. The molecule has 4 rings (SSSR count). The summed E-state index contributed by atoms with van der Waals surface area (Å²) in [6, 6.07) is 4.17.